The number of fused-ring (bicyclic) bond motifs is 1. The van der Waals surface area contributed by atoms with Gasteiger partial charge >= 0.3 is 0 Å². The Kier molecular flexibility index (Phi) is 4.52. The molecule has 1 saturated carbocycles. The van der Waals surface area contributed by atoms with Gasteiger partial charge in [0, 0.05) is 17.5 Å². The Bertz CT molecular complexity index is 531. The van der Waals surface area contributed by atoms with E-state index in [-0.39, 0.29) is 0 Å². The van der Waals surface area contributed by atoms with Crippen LogP contribution in [0, 0.1) is 25.2 Å². The smallest absolute Gasteiger partial charge is 0.0740 e. The summed E-state index contributed by atoms with van der Waals surface area (Å²) in [5.74, 6) is 1.14. The molecule has 0 N–H and O–H groups in total. The summed E-state index contributed by atoms with van der Waals surface area (Å²) >= 11 is 0. The number of hydrogen-bond acceptors (Lipinski definition) is 2. The van der Waals surface area contributed by atoms with Crippen LogP contribution in [0.15, 0.2) is 34.5 Å². The summed E-state index contributed by atoms with van der Waals surface area (Å²) in [5.41, 5.74) is 4.99. The van der Waals surface area contributed by atoms with Gasteiger partial charge in [0.25, 0.3) is 0 Å². The van der Waals surface area contributed by atoms with Gasteiger partial charge < -0.3 is 6.42 Å². The van der Waals surface area contributed by atoms with Gasteiger partial charge in [0.1, 0.15) is 0 Å². The van der Waals surface area contributed by atoms with Crippen LogP contribution in [-0.4, -0.2) is 11.4 Å². The molecule has 2 unspecified atom stereocenters. The molecule has 0 spiro atoms. The van der Waals surface area contributed by atoms with E-state index in [0.717, 1.165) is 0 Å². The van der Waals surface area contributed by atoms with Crippen molar-refractivity contribution in [3.63, 3.8) is 0 Å². The number of hydrogen-bond donors (Lipinski definition) is 0. The van der Waals surface area contributed by atoms with E-state index in [2.05, 4.69) is 54.7 Å². The van der Waals surface area contributed by atoms with Crippen LogP contribution in [0.25, 0.3) is 0 Å². The van der Waals surface area contributed by atoms with Crippen LogP contribution < -0.4 is 0 Å². The van der Waals surface area contributed by atoms with Crippen LogP contribution in [0.2, 0.25) is 0 Å². The van der Waals surface area contributed by atoms with E-state index in [1.54, 1.807) is 0 Å². The van der Waals surface area contributed by atoms with Crippen molar-refractivity contribution in [2.75, 3.05) is 0 Å². The van der Waals surface area contributed by atoms with Crippen molar-refractivity contribution in [2.45, 2.75) is 46.0 Å². The zero-order valence-corrected chi connectivity index (χ0v) is 19.6. The molecule has 1 heterocycles. The minimum absolute atomic E-state index is 0. The van der Waals surface area contributed by atoms with Gasteiger partial charge in [0.15, 0.2) is 0 Å². The maximum atomic E-state index is 4.56. The first-order valence-electron chi connectivity index (χ1n) is 7.76. The van der Waals surface area contributed by atoms with Crippen LogP contribution in [0.4, 0.5) is 0 Å². The standard InChI is InChI=1S/C18H23N2.Rf/c1-13-9-11-15(12-10-13)18-17-8-6-4-3-5-7-16(17)14(2)19-20-18;/h3,9-12,16-17H,4-8H2,1-2H3;/q-1;. The number of nitrogens with zero attached hydrogens (tertiary/aromatic N) is 2. The van der Waals surface area contributed by atoms with Crippen molar-refractivity contribution in [1.29, 1.82) is 0 Å². The third-order valence-corrected chi connectivity index (χ3v) is 4.64. The Balaban J connectivity index is 0.00000161. The number of rotatable bonds is 1. The number of benzene rings is 1. The average Bonchev–Trinajstić information content (AvgIpc) is 2.41. The molecule has 1 fully saturated rings. The summed E-state index contributed by atoms with van der Waals surface area (Å²) in [4.78, 5) is 0. The van der Waals surface area contributed by atoms with E-state index in [4.69, 9.17) is 0 Å². The van der Waals surface area contributed by atoms with Crippen molar-refractivity contribution in [2.24, 2.45) is 22.0 Å². The van der Waals surface area contributed by atoms with Gasteiger partial charge in [-0.2, -0.15) is 23.0 Å². The SMILES string of the molecule is CC1=NN=C(c2ccc(C)cc2)C2CCC[CH-]CCC12.[Rf]. The summed E-state index contributed by atoms with van der Waals surface area (Å²) < 4.78 is 0. The van der Waals surface area contributed by atoms with Gasteiger partial charge in [-0.15, -0.1) is 0 Å². The molecule has 1 aliphatic heterocycles. The summed E-state index contributed by atoms with van der Waals surface area (Å²) in [5, 5.41) is 9.02. The van der Waals surface area contributed by atoms with E-state index in [1.165, 1.54) is 54.7 Å². The third kappa shape index (κ3) is 3.01. The van der Waals surface area contributed by atoms with Crippen LogP contribution in [-0.2, 0) is 0 Å². The first kappa shape index (κ1) is 15.0. The van der Waals surface area contributed by atoms with E-state index >= 15 is 0 Å². The van der Waals surface area contributed by atoms with Crippen molar-refractivity contribution in [3.05, 3.63) is 41.8 Å². The minimum Gasteiger partial charge on any atom is -0.328 e. The molecule has 2 nitrogen and oxygen atoms in total. The first-order valence-corrected chi connectivity index (χ1v) is 7.76. The van der Waals surface area contributed by atoms with E-state index in [1.807, 2.05) is 0 Å². The second kappa shape index (κ2) is 6.34. The maximum absolute atomic E-state index is 4.56. The quantitative estimate of drug-likeness (QED) is 0.472. The minimum atomic E-state index is 0. The molecule has 1 aromatic rings. The molecule has 0 aromatic heterocycles. The van der Waals surface area contributed by atoms with Crippen molar-refractivity contribution >= 4 is 11.4 Å². The second-order valence-electron chi connectivity index (χ2n) is 6.10. The Hall–Kier alpha value is -2.44. The van der Waals surface area contributed by atoms with E-state index in [0.29, 0.717) is 11.8 Å². The van der Waals surface area contributed by atoms with Gasteiger partial charge in [-0.1, -0.05) is 42.7 Å². The zero-order valence-electron chi connectivity index (χ0n) is 13.2. The van der Waals surface area contributed by atoms with Crippen molar-refractivity contribution < 1.29 is 0 Å². The third-order valence-electron chi connectivity index (χ3n) is 4.64. The van der Waals surface area contributed by atoms with Gasteiger partial charge in [0.2, 0.25) is 0 Å². The molecule has 108 valence electrons. The monoisotopic (exact) mass is 534 g/mol. The van der Waals surface area contributed by atoms with Gasteiger partial charge in [0.05, 0.1) is 5.71 Å². The largest absolute Gasteiger partial charge is 0.328 e. The van der Waals surface area contributed by atoms with Gasteiger partial charge in [-0.05, 0) is 25.8 Å². The van der Waals surface area contributed by atoms with Gasteiger partial charge in [-0.3, -0.25) is 0 Å². The summed E-state index contributed by atoms with van der Waals surface area (Å²) in [7, 11) is 0. The molecule has 0 amide bonds. The molecule has 2 atom stereocenters. The van der Waals surface area contributed by atoms with Gasteiger partial charge in [-0.25, -0.2) is 0 Å². The Labute approximate surface area is 122 Å². The summed E-state index contributed by atoms with van der Waals surface area (Å²) in [6, 6.07) is 8.75. The molecule has 3 heteroatoms. The summed E-state index contributed by atoms with van der Waals surface area (Å²) in [6.07, 6.45) is 8.65. The van der Waals surface area contributed by atoms with Crippen molar-refractivity contribution in [1.82, 2.24) is 0 Å². The Morgan fingerprint density at radius 3 is 2.48 bits per heavy atom. The molecule has 0 bridgehead atoms. The first-order chi connectivity index (χ1) is 9.75. The fraction of sp³-hybridized carbons (Fsp3) is 0.500. The molecule has 0 radical (unpaired) electrons. The van der Waals surface area contributed by atoms with E-state index in [9.17, 15) is 0 Å². The molecule has 2 aliphatic rings. The predicted octanol–water partition coefficient (Wildman–Crippen LogP) is 4.57. The maximum Gasteiger partial charge on any atom is 0.0740 e. The van der Waals surface area contributed by atoms with Crippen molar-refractivity contribution in [3.8, 4) is 0 Å². The topological polar surface area (TPSA) is 24.7 Å². The van der Waals surface area contributed by atoms with E-state index < -0.39 is 0 Å². The zero-order chi connectivity index (χ0) is 13.9. The number of aryl methyl sites for hydroxylation is 1. The fourth-order valence-corrected chi connectivity index (χ4v) is 3.43. The van der Waals surface area contributed by atoms with Crippen LogP contribution in [0.5, 0.6) is 0 Å². The molecule has 3 rings (SSSR count). The molecular weight excluding hydrogens is 511 g/mol. The second-order valence-corrected chi connectivity index (χ2v) is 6.10. The molecule has 0 saturated heterocycles. The van der Waals surface area contributed by atoms with Crippen LogP contribution in [0.1, 0.15) is 50.2 Å². The Morgan fingerprint density at radius 2 is 1.71 bits per heavy atom. The Morgan fingerprint density at radius 1 is 0.952 bits per heavy atom. The van der Waals surface area contributed by atoms with Crippen LogP contribution in [0.3, 0.4) is 0 Å². The normalized spacial score (nSPS) is 25.6. The molecule has 21 heavy (non-hydrogen) atoms. The average molecular weight is 534 g/mol. The fourth-order valence-electron chi connectivity index (χ4n) is 3.43. The summed E-state index contributed by atoms with van der Waals surface area (Å²) in [6.45, 7) is 4.28. The predicted molar refractivity (Wildman–Crippen MR) is 85.2 cm³/mol. The molecular formula is C18H23N2Rf-. The molecule has 1 aliphatic carbocycles. The molecule has 1 aromatic carbocycles. The van der Waals surface area contributed by atoms with Crippen LogP contribution >= 0.6 is 0 Å².